The van der Waals surface area contributed by atoms with E-state index in [9.17, 15) is 9.18 Å². The number of aromatic nitrogens is 3. The Labute approximate surface area is 94.7 Å². The van der Waals surface area contributed by atoms with Crippen molar-refractivity contribution >= 4 is 23.5 Å². The molecule has 1 amide bonds. The Morgan fingerprint density at radius 1 is 1.50 bits per heavy atom. The smallest absolute Gasteiger partial charge is 0.262 e. The summed E-state index contributed by atoms with van der Waals surface area (Å²) in [7, 11) is 0. The molecule has 0 radical (unpaired) electrons. The van der Waals surface area contributed by atoms with Gasteiger partial charge in [-0.1, -0.05) is 17.7 Å². The van der Waals surface area contributed by atoms with Crippen LogP contribution in [0, 0.1) is 5.82 Å². The number of benzene rings is 1. The van der Waals surface area contributed by atoms with Crippen LogP contribution in [0.4, 0.5) is 10.3 Å². The molecule has 0 unspecified atom stereocenters. The third kappa shape index (κ3) is 2.01. The Bertz CT molecular complexity index is 494. The fourth-order valence-corrected chi connectivity index (χ4v) is 1.40. The van der Waals surface area contributed by atoms with E-state index in [4.69, 9.17) is 11.6 Å². The average molecular weight is 241 g/mol. The molecule has 16 heavy (non-hydrogen) atoms. The van der Waals surface area contributed by atoms with Crippen molar-refractivity contribution < 1.29 is 9.18 Å². The van der Waals surface area contributed by atoms with Crippen LogP contribution in [0.25, 0.3) is 0 Å². The number of hydrogen-bond donors (Lipinski definition) is 2. The molecule has 0 saturated heterocycles. The molecule has 0 atom stereocenters. The lowest BCUT2D eigenvalue weighted by molar-refractivity contribution is 0.102. The Kier molecular flexibility index (Phi) is 2.82. The van der Waals surface area contributed by atoms with E-state index in [-0.39, 0.29) is 16.5 Å². The SMILES string of the molecule is O=C(Nc1ncn[nH]1)c1c(F)cccc1Cl. The summed E-state index contributed by atoms with van der Waals surface area (Å²) in [5.41, 5.74) is -0.222. The van der Waals surface area contributed by atoms with Crippen LogP contribution in [0.15, 0.2) is 24.5 Å². The van der Waals surface area contributed by atoms with E-state index in [1.54, 1.807) is 0 Å². The highest BCUT2D eigenvalue weighted by molar-refractivity contribution is 6.34. The number of amides is 1. The second-order valence-corrected chi connectivity index (χ2v) is 3.29. The maximum Gasteiger partial charge on any atom is 0.262 e. The van der Waals surface area contributed by atoms with Gasteiger partial charge in [0.15, 0.2) is 0 Å². The molecule has 2 N–H and O–H groups in total. The fourth-order valence-electron chi connectivity index (χ4n) is 1.15. The van der Waals surface area contributed by atoms with Crippen LogP contribution in [0.3, 0.4) is 0 Å². The van der Waals surface area contributed by atoms with Crippen LogP contribution in [-0.4, -0.2) is 21.1 Å². The molecule has 1 heterocycles. The number of rotatable bonds is 2. The number of carbonyl (C=O) groups excluding carboxylic acids is 1. The first-order valence-corrected chi connectivity index (χ1v) is 4.67. The summed E-state index contributed by atoms with van der Waals surface area (Å²) in [5, 5.41) is 8.32. The molecule has 0 aliphatic heterocycles. The Hall–Kier alpha value is -1.95. The van der Waals surface area contributed by atoms with Crippen molar-refractivity contribution in [2.75, 3.05) is 5.32 Å². The van der Waals surface area contributed by atoms with Crippen molar-refractivity contribution in [1.29, 1.82) is 0 Å². The van der Waals surface area contributed by atoms with Gasteiger partial charge in [0.05, 0.1) is 10.6 Å². The summed E-state index contributed by atoms with van der Waals surface area (Å²) >= 11 is 5.72. The van der Waals surface area contributed by atoms with Gasteiger partial charge in [0, 0.05) is 0 Å². The van der Waals surface area contributed by atoms with Gasteiger partial charge in [-0.3, -0.25) is 10.1 Å². The second-order valence-electron chi connectivity index (χ2n) is 2.88. The largest absolute Gasteiger partial charge is 0.291 e. The number of carbonyl (C=O) groups is 1. The highest BCUT2D eigenvalue weighted by atomic mass is 35.5. The number of H-pyrrole nitrogens is 1. The summed E-state index contributed by atoms with van der Waals surface area (Å²) in [6, 6.07) is 4.00. The maximum absolute atomic E-state index is 13.3. The summed E-state index contributed by atoms with van der Waals surface area (Å²) in [5.74, 6) is -1.24. The van der Waals surface area contributed by atoms with Crippen molar-refractivity contribution in [3.05, 3.63) is 40.9 Å². The topological polar surface area (TPSA) is 70.7 Å². The molecule has 1 aromatic heterocycles. The van der Waals surface area contributed by atoms with Gasteiger partial charge in [-0.15, -0.1) is 0 Å². The molecule has 0 aliphatic rings. The van der Waals surface area contributed by atoms with Crippen molar-refractivity contribution in [2.24, 2.45) is 0 Å². The number of nitrogens with zero attached hydrogens (tertiary/aromatic N) is 2. The summed E-state index contributed by atoms with van der Waals surface area (Å²) in [4.78, 5) is 15.3. The highest BCUT2D eigenvalue weighted by Crippen LogP contribution is 2.19. The van der Waals surface area contributed by atoms with Crippen molar-refractivity contribution in [3.63, 3.8) is 0 Å². The van der Waals surface area contributed by atoms with Crippen LogP contribution in [0.5, 0.6) is 0 Å². The molecular formula is C9H6ClFN4O. The van der Waals surface area contributed by atoms with Gasteiger partial charge < -0.3 is 0 Å². The maximum atomic E-state index is 13.3. The first-order chi connectivity index (χ1) is 7.68. The van der Waals surface area contributed by atoms with Gasteiger partial charge in [-0.05, 0) is 12.1 Å². The molecule has 0 fully saturated rings. The lowest BCUT2D eigenvalue weighted by Gasteiger charge is -2.04. The molecule has 0 saturated carbocycles. The molecule has 82 valence electrons. The first kappa shape index (κ1) is 10.6. The minimum Gasteiger partial charge on any atom is -0.291 e. The monoisotopic (exact) mass is 240 g/mol. The molecule has 0 bridgehead atoms. The van der Waals surface area contributed by atoms with Gasteiger partial charge >= 0.3 is 0 Å². The molecular weight excluding hydrogens is 235 g/mol. The van der Waals surface area contributed by atoms with Gasteiger partial charge in [0.1, 0.15) is 12.1 Å². The molecule has 2 aromatic rings. The average Bonchev–Trinajstić information content (AvgIpc) is 2.70. The second kappa shape index (κ2) is 4.28. The van der Waals surface area contributed by atoms with E-state index >= 15 is 0 Å². The zero-order chi connectivity index (χ0) is 11.5. The van der Waals surface area contributed by atoms with E-state index < -0.39 is 11.7 Å². The number of halogens is 2. The van der Waals surface area contributed by atoms with Crippen LogP contribution in [0.1, 0.15) is 10.4 Å². The minimum atomic E-state index is -0.690. The van der Waals surface area contributed by atoms with Crippen LogP contribution in [0.2, 0.25) is 5.02 Å². The lowest BCUT2D eigenvalue weighted by atomic mass is 10.2. The number of nitrogens with one attached hydrogen (secondary N) is 2. The third-order valence-electron chi connectivity index (χ3n) is 1.84. The third-order valence-corrected chi connectivity index (χ3v) is 2.15. The van der Waals surface area contributed by atoms with Crippen molar-refractivity contribution in [1.82, 2.24) is 15.2 Å². The highest BCUT2D eigenvalue weighted by Gasteiger charge is 2.16. The van der Waals surface area contributed by atoms with E-state index in [1.807, 2.05) is 0 Å². The molecule has 1 aromatic carbocycles. The zero-order valence-electron chi connectivity index (χ0n) is 7.87. The molecule has 5 nitrogen and oxygen atoms in total. The summed E-state index contributed by atoms with van der Waals surface area (Å²) in [6.07, 6.45) is 1.22. The van der Waals surface area contributed by atoms with Gasteiger partial charge in [0.25, 0.3) is 5.91 Å². The Morgan fingerprint density at radius 2 is 2.31 bits per heavy atom. The summed E-state index contributed by atoms with van der Waals surface area (Å²) in [6.45, 7) is 0. The predicted octanol–water partition coefficient (Wildman–Crippen LogP) is 1.85. The van der Waals surface area contributed by atoms with Crippen molar-refractivity contribution in [3.8, 4) is 0 Å². The molecule has 0 aliphatic carbocycles. The Morgan fingerprint density at radius 3 is 2.94 bits per heavy atom. The quantitative estimate of drug-likeness (QED) is 0.842. The normalized spacial score (nSPS) is 10.1. The van der Waals surface area contributed by atoms with E-state index in [1.165, 1.54) is 18.5 Å². The number of aromatic amines is 1. The fraction of sp³-hybridized carbons (Fsp3) is 0. The van der Waals surface area contributed by atoms with Crippen LogP contribution < -0.4 is 5.32 Å². The van der Waals surface area contributed by atoms with Crippen LogP contribution >= 0.6 is 11.6 Å². The first-order valence-electron chi connectivity index (χ1n) is 4.29. The molecule has 2 rings (SSSR count). The van der Waals surface area contributed by atoms with Crippen molar-refractivity contribution in [2.45, 2.75) is 0 Å². The number of anilines is 1. The standard InChI is InChI=1S/C9H6ClFN4O/c10-5-2-1-3-6(11)7(5)8(16)14-9-12-4-13-15-9/h1-4H,(H2,12,13,14,15,16). The Balaban J connectivity index is 2.28. The molecule has 0 spiro atoms. The van der Waals surface area contributed by atoms with E-state index in [0.29, 0.717) is 0 Å². The lowest BCUT2D eigenvalue weighted by Crippen LogP contribution is -2.15. The molecule has 7 heteroatoms. The number of hydrogen-bond acceptors (Lipinski definition) is 3. The van der Waals surface area contributed by atoms with E-state index in [2.05, 4.69) is 20.5 Å². The van der Waals surface area contributed by atoms with E-state index in [0.717, 1.165) is 6.07 Å². The van der Waals surface area contributed by atoms with Gasteiger partial charge in [-0.25, -0.2) is 9.49 Å². The van der Waals surface area contributed by atoms with Crippen LogP contribution in [-0.2, 0) is 0 Å². The van der Waals surface area contributed by atoms with Gasteiger partial charge in [0.2, 0.25) is 5.95 Å². The minimum absolute atomic E-state index is 0.0389. The van der Waals surface area contributed by atoms with Gasteiger partial charge in [-0.2, -0.15) is 10.1 Å². The summed E-state index contributed by atoms with van der Waals surface area (Å²) < 4.78 is 13.3. The predicted molar refractivity (Wildman–Crippen MR) is 55.7 cm³/mol. The zero-order valence-corrected chi connectivity index (χ0v) is 8.62.